The first kappa shape index (κ1) is 16.4. The zero-order chi connectivity index (χ0) is 14.8. The van der Waals surface area contributed by atoms with E-state index in [4.69, 9.17) is 0 Å². The molecule has 0 aromatic heterocycles. The van der Waals surface area contributed by atoms with Gasteiger partial charge >= 0.3 is 5.97 Å². The second-order valence-electron chi connectivity index (χ2n) is 5.25. The molecule has 1 aromatic rings. The highest BCUT2D eigenvalue weighted by Gasteiger charge is 2.37. The number of hydrogen-bond donors (Lipinski definition) is 2. The minimum Gasteiger partial charge on any atom is -0.481 e. The van der Waals surface area contributed by atoms with Crippen LogP contribution in [0.2, 0.25) is 0 Å². The van der Waals surface area contributed by atoms with Crippen LogP contribution in [0, 0.1) is 14.9 Å². The number of carboxylic acid groups (broad SMARTS) is 1. The molecule has 1 atom stereocenters. The molecule has 1 amide bonds. The van der Waals surface area contributed by atoms with Crippen LogP contribution in [-0.4, -0.2) is 17.0 Å². The van der Waals surface area contributed by atoms with Crippen molar-refractivity contribution < 1.29 is 14.7 Å². The highest BCUT2D eigenvalue weighted by atomic mass is 127. The quantitative estimate of drug-likeness (QED) is 0.556. The molecule has 0 spiro atoms. The molecule has 4 nitrogen and oxygen atoms in total. The van der Waals surface area contributed by atoms with Gasteiger partial charge in [0, 0.05) is 8.04 Å². The molecule has 6 heteroatoms. The van der Waals surface area contributed by atoms with Crippen LogP contribution < -0.4 is 5.32 Å². The zero-order valence-electron chi connectivity index (χ0n) is 10.8. The third kappa shape index (κ3) is 4.45. The van der Waals surface area contributed by atoms with Gasteiger partial charge in [-0.05, 0) is 46.2 Å². The summed E-state index contributed by atoms with van der Waals surface area (Å²) in [5.41, 5.74) is -0.0385. The summed E-state index contributed by atoms with van der Waals surface area (Å²) in [7, 11) is 0. The lowest BCUT2D eigenvalue weighted by molar-refractivity contribution is -0.149. The molecule has 19 heavy (non-hydrogen) atoms. The van der Waals surface area contributed by atoms with E-state index in [1.165, 1.54) is 0 Å². The molecule has 0 bridgehead atoms. The molecule has 0 aliphatic heterocycles. The Labute approximate surface area is 134 Å². The van der Waals surface area contributed by atoms with E-state index in [0.717, 1.165) is 8.04 Å². The normalized spacial score (nSPS) is 12.9. The van der Waals surface area contributed by atoms with Crippen LogP contribution in [0.1, 0.15) is 20.8 Å². The summed E-state index contributed by atoms with van der Waals surface area (Å²) in [6.45, 7) is 5.20. The fourth-order valence-corrected chi connectivity index (χ4v) is 2.51. The van der Waals surface area contributed by atoms with Crippen molar-refractivity contribution >= 4 is 56.1 Å². The molecule has 1 rings (SSSR count). The van der Waals surface area contributed by atoms with Crippen LogP contribution in [-0.2, 0) is 9.59 Å². The van der Waals surface area contributed by atoms with Gasteiger partial charge in [0.05, 0.1) is 5.69 Å². The third-order valence-electron chi connectivity index (χ3n) is 2.56. The van der Waals surface area contributed by atoms with Crippen LogP contribution in [0.3, 0.4) is 0 Å². The van der Waals surface area contributed by atoms with Crippen molar-refractivity contribution in [2.24, 2.45) is 11.3 Å². The van der Waals surface area contributed by atoms with Gasteiger partial charge in [-0.3, -0.25) is 9.59 Å². The van der Waals surface area contributed by atoms with Crippen LogP contribution in [0.4, 0.5) is 5.69 Å². The number of amides is 1. The van der Waals surface area contributed by atoms with E-state index in [1.54, 1.807) is 26.8 Å². The molecule has 0 saturated heterocycles. The summed E-state index contributed by atoms with van der Waals surface area (Å²) < 4.78 is 1.68. The largest absolute Gasteiger partial charge is 0.481 e. The average Bonchev–Trinajstić information content (AvgIpc) is 2.20. The zero-order valence-corrected chi connectivity index (χ0v) is 14.6. The molecule has 0 fully saturated rings. The molecule has 0 heterocycles. The van der Waals surface area contributed by atoms with Crippen LogP contribution in [0.5, 0.6) is 0 Å². The molecule has 1 unspecified atom stereocenters. The number of anilines is 1. The van der Waals surface area contributed by atoms with E-state index >= 15 is 0 Å². The Morgan fingerprint density at radius 2 is 1.95 bits per heavy atom. The lowest BCUT2D eigenvalue weighted by atomic mass is 9.80. The van der Waals surface area contributed by atoms with E-state index < -0.39 is 23.2 Å². The van der Waals surface area contributed by atoms with Crippen molar-refractivity contribution in [2.45, 2.75) is 20.8 Å². The first-order chi connectivity index (χ1) is 8.62. The van der Waals surface area contributed by atoms with Gasteiger partial charge in [-0.2, -0.15) is 0 Å². The maximum absolute atomic E-state index is 12.2. The summed E-state index contributed by atoms with van der Waals surface area (Å²) >= 11 is 5.41. The molecule has 0 saturated carbocycles. The molecule has 0 aliphatic rings. The van der Waals surface area contributed by atoms with Gasteiger partial charge in [-0.25, -0.2) is 0 Å². The van der Waals surface area contributed by atoms with Crippen LogP contribution >= 0.6 is 38.5 Å². The Morgan fingerprint density at radius 3 is 2.42 bits per heavy atom. The number of nitrogens with one attached hydrogen (secondary N) is 1. The first-order valence-corrected chi connectivity index (χ1v) is 7.49. The highest BCUT2D eigenvalue weighted by molar-refractivity contribution is 14.1. The predicted molar refractivity (Wildman–Crippen MR) is 86.1 cm³/mol. The number of carbonyl (C=O) groups excluding carboxylic acids is 1. The number of halogens is 2. The van der Waals surface area contributed by atoms with Crippen molar-refractivity contribution in [3.63, 3.8) is 0 Å². The van der Waals surface area contributed by atoms with Crippen molar-refractivity contribution in [3.05, 3.63) is 26.2 Å². The summed E-state index contributed by atoms with van der Waals surface area (Å²) in [6.07, 6.45) is 0. The number of rotatable bonds is 3. The van der Waals surface area contributed by atoms with Crippen molar-refractivity contribution in [2.75, 3.05) is 5.32 Å². The van der Waals surface area contributed by atoms with Gasteiger partial charge in [-0.15, -0.1) is 0 Å². The summed E-state index contributed by atoms with van der Waals surface area (Å²) in [4.78, 5) is 23.4. The van der Waals surface area contributed by atoms with Crippen LogP contribution in [0.25, 0.3) is 0 Å². The van der Waals surface area contributed by atoms with E-state index in [2.05, 4.69) is 43.8 Å². The SMILES string of the molecule is CC(C)(C)C(C(=O)O)C(=O)Nc1cc(Br)ccc1I. The van der Waals surface area contributed by atoms with Crippen molar-refractivity contribution in [3.8, 4) is 0 Å². The third-order valence-corrected chi connectivity index (χ3v) is 4.00. The van der Waals surface area contributed by atoms with E-state index in [1.807, 2.05) is 12.1 Å². The second kappa shape index (κ2) is 6.21. The van der Waals surface area contributed by atoms with Gasteiger partial charge in [0.1, 0.15) is 5.92 Å². The first-order valence-electron chi connectivity index (χ1n) is 5.61. The highest BCUT2D eigenvalue weighted by Crippen LogP contribution is 2.29. The average molecular weight is 440 g/mol. The van der Waals surface area contributed by atoms with Crippen molar-refractivity contribution in [1.82, 2.24) is 0 Å². The molecular weight excluding hydrogens is 425 g/mol. The number of aliphatic carboxylic acids is 1. The lowest BCUT2D eigenvalue weighted by Crippen LogP contribution is -2.39. The van der Waals surface area contributed by atoms with Crippen molar-refractivity contribution in [1.29, 1.82) is 0 Å². The molecule has 0 aliphatic carbocycles. The Hall–Kier alpha value is -0.630. The Kier molecular flexibility index (Phi) is 5.37. The summed E-state index contributed by atoms with van der Waals surface area (Å²) in [5, 5.41) is 11.9. The summed E-state index contributed by atoms with van der Waals surface area (Å²) in [6, 6.07) is 5.45. The molecule has 0 radical (unpaired) electrons. The maximum Gasteiger partial charge on any atom is 0.316 e. The maximum atomic E-state index is 12.2. The molecule has 1 aromatic carbocycles. The number of carbonyl (C=O) groups is 2. The molecule has 104 valence electrons. The minimum atomic E-state index is -1.12. The topological polar surface area (TPSA) is 66.4 Å². The molecular formula is C13H15BrINO3. The number of hydrogen-bond acceptors (Lipinski definition) is 2. The Morgan fingerprint density at radius 1 is 1.37 bits per heavy atom. The van der Waals surface area contributed by atoms with Gasteiger partial charge in [0.2, 0.25) is 5.91 Å². The van der Waals surface area contributed by atoms with E-state index in [0.29, 0.717) is 5.69 Å². The summed E-state index contributed by atoms with van der Waals surface area (Å²) in [5.74, 6) is -2.71. The number of carboxylic acids is 1. The van der Waals surface area contributed by atoms with E-state index in [9.17, 15) is 14.7 Å². The smallest absolute Gasteiger partial charge is 0.316 e. The monoisotopic (exact) mass is 439 g/mol. The lowest BCUT2D eigenvalue weighted by Gasteiger charge is -2.26. The fraction of sp³-hybridized carbons (Fsp3) is 0.385. The van der Waals surface area contributed by atoms with Gasteiger partial charge in [-0.1, -0.05) is 36.7 Å². The second-order valence-corrected chi connectivity index (χ2v) is 7.33. The van der Waals surface area contributed by atoms with Gasteiger partial charge in [0.15, 0.2) is 0 Å². The predicted octanol–water partition coefficient (Wildman–Crippen LogP) is 3.74. The van der Waals surface area contributed by atoms with E-state index in [-0.39, 0.29) is 0 Å². The van der Waals surface area contributed by atoms with Gasteiger partial charge in [0.25, 0.3) is 0 Å². The minimum absolute atomic E-state index is 0.504. The Bertz CT molecular complexity index is 511. The van der Waals surface area contributed by atoms with Crippen LogP contribution in [0.15, 0.2) is 22.7 Å². The Balaban J connectivity index is 3.01. The molecule has 2 N–H and O–H groups in total. The standard InChI is InChI=1S/C13H15BrINO3/c1-13(2,3)10(12(18)19)11(17)16-9-6-7(14)4-5-8(9)15/h4-6,10H,1-3H3,(H,16,17)(H,18,19). The number of benzene rings is 1. The van der Waals surface area contributed by atoms with Gasteiger partial charge < -0.3 is 10.4 Å². The fourth-order valence-electron chi connectivity index (χ4n) is 1.67.